The van der Waals surface area contributed by atoms with E-state index in [1.54, 1.807) is 7.11 Å². The highest BCUT2D eigenvalue weighted by atomic mass is 16.5. The van der Waals surface area contributed by atoms with E-state index in [2.05, 4.69) is 10.5 Å². The SMILES string of the molecule is COc1ccc2c(c1)CCC(=NNC(N)=O)C2. The van der Waals surface area contributed by atoms with Gasteiger partial charge in [0.1, 0.15) is 5.75 Å². The fraction of sp³-hybridized carbons (Fsp3) is 0.333. The van der Waals surface area contributed by atoms with E-state index in [1.165, 1.54) is 11.1 Å². The number of nitrogens with two attached hydrogens (primary N) is 1. The molecule has 1 aromatic rings. The Labute approximate surface area is 99.6 Å². The van der Waals surface area contributed by atoms with Gasteiger partial charge in [0.05, 0.1) is 7.11 Å². The number of fused-ring (bicyclic) bond motifs is 1. The minimum atomic E-state index is -0.627. The van der Waals surface area contributed by atoms with Crippen LogP contribution in [-0.2, 0) is 12.8 Å². The monoisotopic (exact) mass is 233 g/mol. The van der Waals surface area contributed by atoms with E-state index in [9.17, 15) is 4.79 Å². The van der Waals surface area contributed by atoms with Crippen molar-refractivity contribution in [2.75, 3.05) is 7.11 Å². The highest BCUT2D eigenvalue weighted by molar-refractivity contribution is 5.89. The molecule has 0 bridgehead atoms. The maximum absolute atomic E-state index is 10.6. The second-order valence-electron chi connectivity index (χ2n) is 3.97. The average molecular weight is 233 g/mol. The molecule has 17 heavy (non-hydrogen) atoms. The fourth-order valence-electron chi connectivity index (χ4n) is 1.95. The molecule has 0 spiro atoms. The van der Waals surface area contributed by atoms with Gasteiger partial charge in [0.25, 0.3) is 0 Å². The summed E-state index contributed by atoms with van der Waals surface area (Å²) in [5.74, 6) is 0.874. The van der Waals surface area contributed by atoms with Crippen LogP contribution in [0.4, 0.5) is 4.79 Å². The first-order valence-electron chi connectivity index (χ1n) is 5.45. The number of nitrogens with zero attached hydrogens (tertiary/aromatic N) is 1. The van der Waals surface area contributed by atoms with Crippen LogP contribution >= 0.6 is 0 Å². The predicted molar refractivity (Wildman–Crippen MR) is 65.2 cm³/mol. The zero-order chi connectivity index (χ0) is 12.3. The van der Waals surface area contributed by atoms with E-state index in [0.717, 1.165) is 30.7 Å². The summed E-state index contributed by atoms with van der Waals surface area (Å²) in [6, 6.07) is 5.39. The molecule has 1 aliphatic rings. The molecule has 0 heterocycles. The van der Waals surface area contributed by atoms with Crippen molar-refractivity contribution in [3.63, 3.8) is 0 Å². The first-order chi connectivity index (χ1) is 8.19. The lowest BCUT2D eigenvalue weighted by Crippen LogP contribution is -2.27. The van der Waals surface area contributed by atoms with Gasteiger partial charge in [0.15, 0.2) is 0 Å². The van der Waals surface area contributed by atoms with Crippen molar-refractivity contribution in [1.29, 1.82) is 0 Å². The molecule has 0 aliphatic heterocycles. The van der Waals surface area contributed by atoms with E-state index < -0.39 is 6.03 Å². The van der Waals surface area contributed by atoms with Gasteiger partial charge < -0.3 is 10.5 Å². The van der Waals surface area contributed by atoms with Crippen LogP contribution in [0.25, 0.3) is 0 Å². The van der Waals surface area contributed by atoms with Crippen LogP contribution in [0.5, 0.6) is 5.75 Å². The van der Waals surface area contributed by atoms with Gasteiger partial charge in [-0.25, -0.2) is 10.2 Å². The average Bonchev–Trinajstić information content (AvgIpc) is 2.35. The van der Waals surface area contributed by atoms with Gasteiger partial charge in [-0.2, -0.15) is 5.10 Å². The lowest BCUT2D eigenvalue weighted by atomic mass is 9.90. The van der Waals surface area contributed by atoms with Crippen molar-refractivity contribution in [3.05, 3.63) is 29.3 Å². The smallest absolute Gasteiger partial charge is 0.332 e. The number of carbonyl (C=O) groups excluding carboxylic acids is 1. The molecule has 2 rings (SSSR count). The molecule has 0 saturated heterocycles. The molecule has 2 amide bonds. The van der Waals surface area contributed by atoms with E-state index in [-0.39, 0.29) is 0 Å². The van der Waals surface area contributed by atoms with Crippen LogP contribution in [0, 0.1) is 0 Å². The molecule has 5 heteroatoms. The summed E-state index contributed by atoms with van der Waals surface area (Å²) in [6.45, 7) is 0. The largest absolute Gasteiger partial charge is 0.497 e. The number of hydrogen-bond acceptors (Lipinski definition) is 3. The molecule has 0 aromatic heterocycles. The van der Waals surface area contributed by atoms with Crippen molar-refractivity contribution in [1.82, 2.24) is 5.43 Å². The van der Waals surface area contributed by atoms with Crippen LogP contribution in [-0.4, -0.2) is 18.9 Å². The summed E-state index contributed by atoms with van der Waals surface area (Å²) in [7, 11) is 1.66. The van der Waals surface area contributed by atoms with Gasteiger partial charge in [0.2, 0.25) is 0 Å². The summed E-state index contributed by atoms with van der Waals surface area (Å²) in [5, 5.41) is 3.99. The third-order valence-electron chi connectivity index (χ3n) is 2.82. The predicted octanol–water partition coefficient (Wildman–Crippen LogP) is 1.21. The van der Waals surface area contributed by atoms with Crippen LogP contribution in [0.1, 0.15) is 17.5 Å². The van der Waals surface area contributed by atoms with Crippen molar-refractivity contribution < 1.29 is 9.53 Å². The Hall–Kier alpha value is -2.04. The topological polar surface area (TPSA) is 76.7 Å². The number of amides is 2. The summed E-state index contributed by atoms with van der Waals surface area (Å²) in [6.07, 6.45) is 2.49. The Morgan fingerprint density at radius 1 is 1.41 bits per heavy atom. The number of urea groups is 1. The van der Waals surface area contributed by atoms with E-state index in [0.29, 0.717) is 0 Å². The normalized spacial score (nSPS) is 16.4. The van der Waals surface area contributed by atoms with E-state index in [4.69, 9.17) is 10.5 Å². The molecule has 5 nitrogen and oxygen atoms in total. The molecule has 0 saturated carbocycles. The number of aryl methyl sites for hydroxylation is 1. The number of nitrogens with one attached hydrogen (secondary N) is 1. The van der Waals surface area contributed by atoms with Gasteiger partial charge >= 0.3 is 6.03 Å². The van der Waals surface area contributed by atoms with Crippen LogP contribution in [0.3, 0.4) is 0 Å². The Morgan fingerprint density at radius 2 is 2.24 bits per heavy atom. The molecule has 0 unspecified atom stereocenters. The van der Waals surface area contributed by atoms with Crippen molar-refractivity contribution in [2.45, 2.75) is 19.3 Å². The van der Waals surface area contributed by atoms with Gasteiger partial charge in [-0.3, -0.25) is 0 Å². The summed E-state index contributed by atoms with van der Waals surface area (Å²) in [4.78, 5) is 10.6. The second kappa shape index (κ2) is 4.86. The molecular weight excluding hydrogens is 218 g/mol. The maximum Gasteiger partial charge on any atom is 0.332 e. The molecule has 90 valence electrons. The summed E-state index contributed by atoms with van der Waals surface area (Å²) in [5.41, 5.74) is 10.7. The highest BCUT2D eigenvalue weighted by Gasteiger charge is 2.14. The summed E-state index contributed by atoms with van der Waals surface area (Å²) < 4.78 is 5.18. The lowest BCUT2D eigenvalue weighted by molar-refractivity contribution is 0.249. The van der Waals surface area contributed by atoms with E-state index in [1.807, 2.05) is 18.2 Å². The lowest BCUT2D eigenvalue weighted by Gasteiger charge is -2.18. The van der Waals surface area contributed by atoms with Gasteiger partial charge in [-0.05, 0) is 36.1 Å². The number of hydrogen-bond donors (Lipinski definition) is 2. The molecule has 1 aliphatic carbocycles. The van der Waals surface area contributed by atoms with Crippen molar-refractivity contribution in [3.8, 4) is 5.75 Å². The zero-order valence-corrected chi connectivity index (χ0v) is 9.69. The minimum absolute atomic E-state index is 0.627. The molecule has 0 fully saturated rings. The van der Waals surface area contributed by atoms with Crippen molar-refractivity contribution in [2.24, 2.45) is 10.8 Å². The van der Waals surface area contributed by atoms with Crippen LogP contribution in [0.15, 0.2) is 23.3 Å². The zero-order valence-electron chi connectivity index (χ0n) is 9.69. The first kappa shape index (κ1) is 11.4. The van der Waals surface area contributed by atoms with Gasteiger partial charge in [0, 0.05) is 12.1 Å². The minimum Gasteiger partial charge on any atom is -0.497 e. The number of primary amides is 1. The third-order valence-corrected chi connectivity index (χ3v) is 2.82. The third kappa shape index (κ3) is 2.75. The van der Waals surface area contributed by atoms with Gasteiger partial charge in [-0.1, -0.05) is 6.07 Å². The second-order valence-corrected chi connectivity index (χ2v) is 3.97. The van der Waals surface area contributed by atoms with Gasteiger partial charge in [-0.15, -0.1) is 0 Å². The number of methoxy groups -OCH3 is 1. The maximum atomic E-state index is 10.6. The van der Waals surface area contributed by atoms with Crippen LogP contribution < -0.4 is 15.9 Å². The van der Waals surface area contributed by atoms with Crippen LogP contribution in [0.2, 0.25) is 0 Å². The Balaban J connectivity index is 2.14. The highest BCUT2D eigenvalue weighted by Crippen LogP contribution is 2.24. The Morgan fingerprint density at radius 3 is 2.94 bits per heavy atom. The molecule has 0 radical (unpaired) electrons. The standard InChI is InChI=1S/C12H15N3O2/c1-17-11-5-3-8-6-10(14-15-12(13)16)4-2-9(8)7-11/h3,5,7H,2,4,6H2,1H3,(H3,13,15,16). The van der Waals surface area contributed by atoms with E-state index >= 15 is 0 Å². The number of carbonyl (C=O) groups is 1. The van der Waals surface area contributed by atoms with Crippen molar-refractivity contribution >= 4 is 11.7 Å². The summed E-state index contributed by atoms with van der Waals surface area (Å²) >= 11 is 0. The fourth-order valence-corrected chi connectivity index (χ4v) is 1.95. The molecule has 1 aromatic carbocycles. The number of ether oxygens (including phenoxy) is 1. The number of rotatable bonds is 2. The molecule has 3 N–H and O–H groups in total. The first-order valence-corrected chi connectivity index (χ1v) is 5.45. The molecular formula is C12H15N3O2. The Kier molecular flexibility index (Phi) is 3.27. The quantitative estimate of drug-likeness (QED) is 0.753. The Bertz CT molecular complexity index is 469. The number of benzene rings is 1. The number of hydrazone groups is 1. The molecule has 0 atom stereocenters.